The molecule has 2 amide bonds. The smallest absolute Gasteiger partial charge is 0.317 e. The SMILES string of the molecule is CC(C)Oc1ccc(CCNC(=O)N2CCCC[C@@H]2CO)cc1. The molecule has 1 heterocycles. The Kier molecular flexibility index (Phi) is 6.71. The molecule has 23 heavy (non-hydrogen) atoms. The van der Waals surface area contributed by atoms with Crippen molar-refractivity contribution in [1.82, 2.24) is 10.2 Å². The zero-order chi connectivity index (χ0) is 16.7. The third-order valence-electron chi connectivity index (χ3n) is 4.08. The molecular formula is C18H28N2O3. The fourth-order valence-electron chi connectivity index (χ4n) is 2.88. The van der Waals surface area contributed by atoms with Crippen LogP contribution in [0.15, 0.2) is 24.3 Å². The Balaban J connectivity index is 1.76. The summed E-state index contributed by atoms with van der Waals surface area (Å²) >= 11 is 0. The molecule has 0 bridgehead atoms. The van der Waals surface area contributed by atoms with Gasteiger partial charge in [-0.15, -0.1) is 0 Å². The number of benzene rings is 1. The molecular weight excluding hydrogens is 292 g/mol. The van der Waals surface area contributed by atoms with Crippen LogP contribution in [0.5, 0.6) is 5.75 Å². The number of hydrogen-bond acceptors (Lipinski definition) is 3. The van der Waals surface area contributed by atoms with E-state index in [1.807, 2.05) is 38.1 Å². The van der Waals surface area contributed by atoms with Crippen molar-refractivity contribution in [1.29, 1.82) is 0 Å². The molecule has 1 atom stereocenters. The average Bonchev–Trinajstić information content (AvgIpc) is 2.55. The number of piperidine rings is 1. The van der Waals surface area contributed by atoms with Gasteiger partial charge in [0.1, 0.15) is 5.75 Å². The Morgan fingerprint density at radius 2 is 2.09 bits per heavy atom. The molecule has 0 aliphatic carbocycles. The lowest BCUT2D eigenvalue weighted by Gasteiger charge is -2.34. The molecule has 1 aliphatic rings. The van der Waals surface area contributed by atoms with Gasteiger partial charge in [0.15, 0.2) is 0 Å². The van der Waals surface area contributed by atoms with Crippen LogP contribution >= 0.6 is 0 Å². The minimum absolute atomic E-state index is 0.0313. The minimum Gasteiger partial charge on any atom is -0.491 e. The van der Waals surface area contributed by atoms with Crippen LogP contribution in [0.25, 0.3) is 0 Å². The van der Waals surface area contributed by atoms with Gasteiger partial charge >= 0.3 is 6.03 Å². The molecule has 0 spiro atoms. The van der Waals surface area contributed by atoms with Gasteiger partial charge in [0.05, 0.1) is 18.8 Å². The summed E-state index contributed by atoms with van der Waals surface area (Å²) < 4.78 is 5.62. The normalized spacial score (nSPS) is 18.1. The van der Waals surface area contributed by atoms with Gasteiger partial charge in [-0.3, -0.25) is 0 Å². The first-order valence-electron chi connectivity index (χ1n) is 8.51. The summed E-state index contributed by atoms with van der Waals surface area (Å²) in [6, 6.07) is 7.88. The second kappa shape index (κ2) is 8.77. The number of carbonyl (C=O) groups is 1. The summed E-state index contributed by atoms with van der Waals surface area (Å²) in [5, 5.41) is 12.3. The van der Waals surface area contributed by atoms with Crippen LogP contribution < -0.4 is 10.1 Å². The molecule has 1 saturated heterocycles. The monoisotopic (exact) mass is 320 g/mol. The van der Waals surface area contributed by atoms with E-state index in [1.54, 1.807) is 4.90 Å². The summed E-state index contributed by atoms with van der Waals surface area (Å²) in [6.45, 7) is 5.38. The van der Waals surface area contributed by atoms with Crippen molar-refractivity contribution in [2.75, 3.05) is 19.7 Å². The van der Waals surface area contributed by atoms with Gasteiger partial charge < -0.3 is 20.1 Å². The van der Waals surface area contributed by atoms with E-state index in [4.69, 9.17) is 4.74 Å². The van der Waals surface area contributed by atoms with E-state index in [0.29, 0.717) is 6.54 Å². The van der Waals surface area contributed by atoms with Crippen molar-refractivity contribution in [2.24, 2.45) is 0 Å². The van der Waals surface area contributed by atoms with Gasteiger partial charge in [0.25, 0.3) is 0 Å². The predicted molar refractivity (Wildman–Crippen MR) is 90.7 cm³/mol. The maximum absolute atomic E-state index is 12.2. The van der Waals surface area contributed by atoms with Crippen molar-refractivity contribution in [3.8, 4) is 5.75 Å². The van der Waals surface area contributed by atoms with Gasteiger partial charge in [0, 0.05) is 13.1 Å². The topological polar surface area (TPSA) is 61.8 Å². The average molecular weight is 320 g/mol. The van der Waals surface area contributed by atoms with E-state index in [2.05, 4.69) is 5.32 Å². The van der Waals surface area contributed by atoms with E-state index < -0.39 is 0 Å². The summed E-state index contributed by atoms with van der Waals surface area (Å²) in [4.78, 5) is 14.0. The highest BCUT2D eigenvalue weighted by molar-refractivity contribution is 5.74. The van der Waals surface area contributed by atoms with Gasteiger partial charge in [-0.25, -0.2) is 4.79 Å². The number of nitrogens with zero attached hydrogens (tertiary/aromatic N) is 1. The summed E-state index contributed by atoms with van der Waals surface area (Å²) in [5.74, 6) is 0.867. The lowest BCUT2D eigenvalue weighted by atomic mass is 10.0. The lowest BCUT2D eigenvalue weighted by molar-refractivity contribution is 0.108. The first kappa shape index (κ1) is 17.6. The Morgan fingerprint density at radius 1 is 1.35 bits per heavy atom. The van der Waals surface area contributed by atoms with Crippen molar-refractivity contribution >= 4 is 6.03 Å². The quantitative estimate of drug-likeness (QED) is 0.847. The fourth-order valence-corrected chi connectivity index (χ4v) is 2.88. The molecule has 1 aromatic carbocycles. The van der Waals surface area contributed by atoms with Gasteiger partial charge in [-0.2, -0.15) is 0 Å². The van der Waals surface area contributed by atoms with Gasteiger partial charge in [-0.1, -0.05) is 12.1 Å². The highest BCUT2D eigenvalue weighted by atomic mass is 16.5. The molecule has 1 aromatic rings. The Hall–Kier alpha value is -1.75. The number of hydrogen-bond donors (Lipinski definition) is 2. The summed E-state index contributed by atoms with van der Waals surface area (Å²) in [6.07, 6.45) is 3.94. The zero-order valence-electron chi connectivity index (χ0n) is 14.1. The lowest BCUT2D eigenvalue weighted by Crippen LogP contribution is -2.50. The molecule has 0 radical (unpaired) electrons. The summed E-state index contributed by atoms with van der Waals surface area (Å²) in [7, 11) is 0. The second-order valence-electron chi connectivity index (χ2n) is 6.32. The minimum atomic E-state index is -0.0662. The summed E-state index contributed by atoms with van der Waals surface area (Å²) in [5.41, 5.74) is 1.17. The number of nitrogens with one attached hydrogen (secondary N) is 1. The van der Waals surface area contributed by atoms with Crippen LogP contribution in [0.1, 0.15) is 38.7 Å². The molecule has 1 fully saturated rings. The number of aliphatic hydroxyl groups excluding tert-OH is 1. The Bertz CT molecular complexity index is 488. The Labute approximate surface area is 138 Å². The largest absolute Gasteiger partial charge is 0.491 e. The van der Waals surface area contributed by atoms with Crippen LogP contribution in [0.3, 0.4) is 0 Å². The van der Waals surface area contributed by atoms with E-state index in [1.165, 1.54) is 5.56 Å². The van der Waals surface area contributed by atoms with Gasteiger partial charge in [-0.05, 0) is 57.2 Å². The maximum Gasteiger partial charge on any atom is 0.317 e. The fraction of sp³-hybridized carbons (Fsp3) is 0.611. The molecule has 1 aliphatic heterocycles. The standard InChI is InChI=1S/C18H28N2O3/c1-14(2)23-17-8-6-15(7-9-17)10-11-19-18(22)20-12-4-3-5-16(20)13-21/h6-9,14,16,21H,3-5,10-13H2,1-2H3,(H,19,22)/t16-/m1/s1. The number of likely N-dealkylation sites (tertiary alicyclic amines) is 1. The van der Waals surface area contributed by atoms with Crippen LogP contribution in [0.2, 0.25) is 0 Å². The van der Waals surface area contributed by atoms with Crippen molar-refractivity contribution in [3.05, 3.63) is 29.8 Å². The highest BCUT2D eigenvalue weighted by Crippen LogP contribution is 2.17. The van der Waals surface area contributed by atoms with E-state index >= 15 is 0 Å². The number of urea groups is 1. The van der Waals surface area contributed by atoms with E-state index in [9.17, 15) is 9.90 Å². The van der Waals surface area contributed by atoms with Crippen molar-refractivity contribution in [2.45, 2.75) is 51.7 Å². The predicted octanol–water partition coefficient (Wildman–Crippen LogP) is 2.57. The third-order valence-corrected chi connectivity index (χ3v) is 4.08. The van der Waals surface area contributed by atoms with Crippen LogP contribution in [-0.4, -0.2) is 47.9 Å². The Morgan fingerprint density at radius 3 is 2.74 bits per heavy atom. The van der Waals surface area contributed by atoms with E-state index in [-0.39, 0.29) is 24.8 Å². The number of aliphatic hydroxyl groups is 1. The number of ether oxygens (including phenoxy) is 1. The van der Waals surface area contributed by atoms with Crippen LogP contribution in [0.4, 0.5) is 4.79 Å². The highest BCUT2D eigenvalue weighted by Gasteiger charge is 2.25. The molecule has 5 heteroatoms. The van der Waals surface area contributed by atoms with Gasteiger partial charge in [0.2, 0.25) is 0 Å². The second-order valence-corrected chi connectivity index (χ2v) is 6.32. The molecule has 2 N–H and O–H groups in total. The number of amides is 2. The van der Waals surface area contributed by atoms with Crippen molar-refractivity contribution in [3.63, 3.8) is 0 Å². The molecule has 5 nitrogen and oxygen atoms in total. The van der Waals surface area contributed by atoms with Crippen molar-refractivity contribution < 1.29 is 14.6 Å². The number of carbonyl (C=O) groups excluding carboxylic acids is 1. The van der Waals surface area contributed by atoms with E-state index in [0.717, 1.165) is 38.0 Å². The first-order chi connectivity index (χ1) is 11.1. The molecule has 0 unspecified atom stereocenters. The first-order valence-corrected chi connectivity index (χ1v) is 8.51. The van der Waals surface area contributed by atoms with Crippen LogP contribution in [0, 0.1) is 0 Å². The molecule has 0 saturated carbocycles. The maximum atomic E-state index is 12.2. The van der Waals surface area contributed by atoms with Crippen LogP contribution in [-0.2, 0) is 6.42 Å². The molecule has 128 valence electrons. The molecule has 0 aromatic heterocycles. The third kappa shape index (κ3) is 5.43. The number of rotatable bonds is 6. The molecule has 2 rings (SSSR count). The zero-order valence-corrected chi connectivity index (χ0v) is 14.1.